The molecular weight excluding hydrogens is 258 g/mol. The van der Waals surface area contributed by atoms with Crippen LogP contribution in [-0.4, -0.2) is 16.3 Å². The van der Waals surface area contributed by atoms with E-state index >= 15 is 0 Å². The van der Waals surface area contributed by atoms with E-state index in [-0.39, 0.29) is 0 Å². The first-order valence-corrected chi connectivity index (χ1v) is 7.12. The third-order valence-electron chi connectivity index (χ3n) is 3.13. The molecule has 0 fully saturated rings. The van der Waals surface area contributed by atoms with Gasteiger partial charge in [-0.15, -0.1) is 0 Å². The van der Waals surface area contributed by atoms with E-state index in [1.54, 1.807) is 6.20 Å². The Kier molecular flexibility index (Phi) is 4.86. The summed E-state index contributed by atoms with van der Waals surface area (Å²) >= 11 is 6.09. The summed E-state index contributed by atoms with van der Waals surface area (Å²) in [7, 11) is 0. The molecule has 0 aliphatic rings. The molecule has 1 unspecified atom stereocenters. The van der Waals surface area contributed by atoms with Crippen molar-refractivity contribution in [3.05, 3.63) is 41.7 Å². The average molecular weight is 278 g/mol. The molecule has 2 rings (SSSR count). The van der Waals surface area contributed by atoms with Crippen molar-refractivity contribution in [2.75, 3.05) is 11.9 Å². The number of aromatic nitrogens is 2. The molecule has 0 radical (unpaired) electrons. The Morgan fingerprint density at radius 1 is 1.42 bits per heavy atom. The minimum Gasteiger partial charge on any atom is -0.383 e. The van der Waals surface area contributed by atoms with Gasteiger partial charge in [0.15, 0.2) is 0 Å². The van der Waals surface area contributed by atoms with E-state index in [2.05, 4.69) is 24.3 Å². The molecule has 1 atom stereocenters. The van der Waals surface area contributed by atoms with Crippen LogP contribution in [0.2, 0.25) is 5.02 Å². The third-order valence-corrected chi connectivity index (χ3v) is 3.37. The summed E-state index contributed by atoms with van der Waals surface area (Å²) in [5, 5.41) is 8.49. The second-order valence-corrected chi connectivity index (χ2v) is 5.32. The molecule has 0 spiro atoms. The summed E-state index contributed by atoms with van der Waals surface area (Å²) < 4.78 is 1.85. The Bertz CT molecular complexity index is 508. The van der Waals surface area contributed by atoms with Crippen molar-refractivity contribution in [3.63, 3.8) is 0 Å². The van der Waals surface area contributed by atoms with Crippen molar-refractivity contribution in [2.45, 2.75) is 26.7 Å². The normalized spacial score (nSPS) is 12.4. The molecule has 3 nitrogen and oxygen atoms in total. The largest absolute Gasteiger partial charge is 0.383 e. The third kappa shape index (κ3) is 3.74. The number of anilines is 1. The average Bonchev–Trinajstić information content (AvgIpc) is 2.90. The van der Waals surface area contributed by atoms with Crippen molar-refractivity contribution >= 4 is 17.3 Å². The van der Waals surface area contributed by atoms with E-state index in [0.717, 1.165) is 22.9 Å². The van der Waals surface area contributed by atoms with E-state index < -0.39 is 0 Å². The van der Waals surface area contributed by atoms with Crippen LogP contribution in [0.25, 0.3) is 5.69 Å². The molecule has 0 bridgehead atoms. The van der Waals surface area contributed by atoms with Crippen LogP contribution in [0, 0.1) is 5.92 Å². The monoisotopic (exact) mass is 277 g/mol. The molecule has 1 aromatic heterocycles. The molecule has 0 saturated heterocycles. The lowest BCUT2D eigenvalue weighted by atomic mass is 10.1. The quantitative estimate of drug-likeness (QED) is 0.849. The van der Waals surface area contributed by atoms with Gasteiger partial charge in [0.05, 0.1) is 11.4 Å². The molecular formula is C15H20ClN3. The summed E-state index contributed by atoms with van der Waals surface area (Å²) in [5.74, 6) is 0.648. The van der Waals surface area contributed by atoms with Gasteiger partial charge >= 0.3 is 0 Å². The van der Waals surface area contributed by atoms with Crippen LogP contribution in [0.4, 0.5) is 5.69 Å². The molecule has 0 amide bonds. The molecule has 0 aliphatic carbocycles. The van der Waals surface area contributed by atoms with Gasteiger partial charge in [0.1, 0.15) is 0 Å². The topological polar surface area (TPSA) is 29.9 Å². The lowest BCUT2D eigenvalue weighted by molar-refractivity contribution is 0.550. The number of hydrogen-bond acceptors (Lipinski definition) is 2. The zero-order valence-electron chi connectivity index (χ0n) is 11.4. The fraction of sp³-hybridized carbons (Fsp3) is 0.400. The van der Waals surface area contributed by atoms with Crippen LogP contribution in [0.3, 0.4) is 0 Å². The van der Waals surface area contributed by atoms with Gasteiger partial charge in [-0.25, -0.2) is 4.68 Å². The zero-order valence-corrected chi connectivity index (χ0v) is 12.2. The molecule has 19 heavy (non-hydrogen) atoms. The van der Waals surface area contributed by atoms with E-state index in [1.165, 1.54) is 12.8 Å². The first-order valence-electron chi connectivity index (χ1n) is 6.74. The fourth-order valence-corrected chi connectivity index (χ4v) is 2.31. The van der Waals surface area contributed by atoms with Gasteiger partial charge in [-0.1, -0.05) is 31.9 Å². The van der Waals surface area contributed by atoms with Crippen molar-refractivity contribution in [3.8, 4) is 5.69 Å². The maximum Gasteiger partial charge on any atom is 0.0877 e. The highest BCUT2D eigenvalue weighted by molar-refractivity contribution is 6.31. The minimum atomic E-state index is 0.648. The molecule has 0 aliphatic heterocycles. The summed E-state index contributed by atoms with van der Waals surface area (Å²) in [6.45, 7) is 5.42. The number of halogens is 1. The van der Waals surface area contributed by atoms with Crippen molar-refractivity contribution in [2.24, 2.45) is 5.92 Å². The Morgan fingerprint density at radius 2 is 2.26 bits per heavy atom. The molecule has 1 aromatic carbocycles. The Morgan fingerprint density at radius 3 is 2.95 bits per heavy atom. The highest BCUT2D eigenvalue weighted by Crippen LogP contribution is 2.24. The molecule has 4 heteroatoms. The van der Waals surface area contributed by atoms with Crippen LogP contribution in [0.1, 0.15) is 26.7 Å². The molecule has 2 aromatic rings. The first-order chi connectivity index (χ1) is 9.20. The Labute approximate surface area is 119 Å². The van der Waals surface area contributed by atoms with Crippen LogP contribution in [0.5, 0.6) is 0 Å². The number of nitrogens with zero attached hydrogens (tertiary/aromatic N) is 2. The van der Waals surface area contributed by atoms with E-state index in [4.69, 9.17) is 11.6 Å². The van der Waals surface area contributed by atoms with Crippen LogP contribution >= 0.6 is 11.6 Å². The fourth-order valence-electron chi connectivity index (χ4n) is 2.14. The molecule has 1 heterocycles. The minimum absolute atomic E-state index is 0.648. The number of hydrogen-bond donors (Lipinski definition) is 1. The van der Waals surface area contributed by atoms with Crippen LogP contribution in [0.15, 0.2) is 36.7 Å². The van der Waals surface area contributed by atoms with E-state index in [9.17, 15) is 0 Å². The number of rotatable bonds is 6. The Hall–Kier alpha value is -1.48. The Balaban J connectivity index is 2.16. The second-order valence-electron chi connectivity index (χ2n) is 4.89. The van der Waals surface area contributed by atoms with Gasteiger partial charge < -0.3 is 5.32 Å². The van der Waals surface area contributed by atoms with E-state index in [0.29, 0.717) is 5.92 Å². The number of nitrogens with one attached hydrogen (secondary N) is 1. The second kappa shape index (κ2) is 6.62. The van der Waals surface area contributed by atoms with Gasteiger partial charge in [-0.05, 0) is 36.6 Å². The predicted octanol–water partition coefficient (Wildman–Crippen LogP) is 4.37. The van der Waals surface area contributed by atoms with Gasteiger partial charge in [0.2, 0.25) is 0 Å². The van der Waals surface area contributed by atoms with Crippen molar-refractivity contribution in [1.82, 2.24) is 9.78 Å². The highest BCUT2D eigenvalue weighted by Gasteiger charge is 2.07. The van der Waals surface area contributed by atoms with Gasteiger partial charge in [0.25, 0.3) is 0 Å². The van der Waals surface area contributed by atoms with Gasteiger partial charge in [-0.2, -0.15) is 5.10 Å². The van der Waals surface area contributed by atoms with Gasteiger partial charge in [0, 0.05) is 24.0 Å². The maximum absolute atomic E-state index is 6.09. The summed E-state index contributed by atoms with van der Waals surface area (Å²) in [6, 6.07) is 7.75. The zero-order chi connectivity index (χ0) is 13.7. The SMILES string of the molecule is CCCC(C)CNc1cc(Cl)ccc1-n1cccn1. The predicted molar refractivity (Wildman–Crippen MR) is 81.1 cm³/mol. The number of benzene rings is 1. The smallest absolute Gasteiger partial charge is 0.0877 e. The van der Waals surface area contributed by atoms with Crippen LogP contribution < -0.4 is 5.32 Å². The lowest BCUT2D eigenvalue weighted by Gasteiger charge is -2.16. The lowest BCUT2D eigenvalue weighted by Crippen LogP contribution is -2.13. The van der Waals surface area contributed by atoms with Crippen molar-refractivity contribution in [1.29, 1.82) is 0 Å². The maximum atomic E-state index is 6.09. The molecule has 0 saturated carbocycles. The van der Waals surface area contributed by atoms with Crippen molar-refractivity contribution < 1.29 is 0 Å². The highest BCUT2D eigenvalue weighted by atomic mass is 35.5. The summed E-state index contributed by atoms with van der Waals surface area (Å²) in [4.78, 5) is 0. The summed E-state index contributed by atoms with van der Waals surface area (Å²) in [6.07, 6.45) is 6.15. The first kappa shape index (κ1) is 13.9. The molecule has 1 N–H and O–H groups in total. The van der Waals surface area contributed by atoms with Crippen LogP contribution in [-0.2, 0) is 0 Å². The van der Waals surface area contributed by atoms with E-state index in [1.807, 2.05) is 35.1 Å². The molecule has 102 valence electrons. The van der Waals surface area contributed by atoms with Gasteiger partial charge in [-0.3, -0.25) is 0 Å². The summed E-state index contributed by atoms with van der Waals surface area (Å²) in [5.41, 5.74) is 2.05. The standard InChI is InChI=1S/C15H20ClN3/c1-3-5-12(2)11-17-14-10-13(16)6-7-15(14)19-9-4-8-18-19/h4,6-10,12,17H,3,5,11H2,1-2H3.